The van der Waals surface area contributed by atoms with Crippen molar-refractivity contribution in [2.24, 2.45) is 0 Å². The summed E-state index contributed by atoms with van der Waals surface area (Å²) in [6, 6.07) is 17.3. The number of hydrogen-bond acceptors (Lipinski definition) is 3. The third-order valence-electron chi connectivity index (χ3n) is 5.71. The summed E-state index contributed by atoms with van der Waals surface area (Å²) in [7, 11) is 0. The van der Waals surface area contributed by atoms with Crippen LogP contribution in [0, 0.1) is 12.7 Å². The highest BCUT2D eigenvalue weighted by Gasteiger charge is 2.45. The van der Waals surface area contributed by atoms with Crippen LogP contribution in [0.15, 0.2) is 76.8 Å². The molecule has 33 heavy (non-hydrogen) atoms. The number of amides is 1. The Kier molecular flexibility index (Phi) is 6.68. The molecule has 1 atom stereocenters. The van der Waals surface area contributed by atoms with Gasteiger partial charge in [-0.3, -0.25) is 9.59 Å². The van der Waals surface area contributed by atoms with Crippen molar-refractivity contribution in [3.8, 4) is 0 Å². The zero-order valence-corrected chi connectivity index (χ0v) is 20.0. The minimum Gasteiger partial charge on any atom is -0.507 e. The van der Waals surface area contributed by atoms with Crippen molar-refractivity contribution in [1.29, 1.82) is 0 Å². The number of halogens is 3. The number of hydrogen-bond donors (Lipinski definition) is 1. The lowest BCUT2D eigenvalue weighted by molar-refractivity contribution is -0.139. The van der Waals surface area contributed by atoms with Crippen LogP contribution in [0.5, 0.6) is 0 Å². The van der Waals surface area contributed by atoms with E-state index in [1.165, 1.54) is 17.0 Å². The van der Waals surface area contributed by atoms with Gasteiger partial charge in [0.15, 0.2) is 0 Å². The van der Waals surface area contributed by atoms with E-state index in [4.69, 9.17) is 11.6 Å². The summed E-state index contributed by atoms with van der Waals surface area (Å²) in [5.74, 6) is -2.00. The Bertz CT molecular complexity index is 1260. The van der Waals surface area contributed by atoms with Crippen LogP contribution >= 0.6 is 27.5 Å². The van der Waals surface area contributed by atoms with Gasteiger partial charge in [0.1, 0.15) is 11.6 Å². The number of likely N-dealkylation sites (tertiary alicyclic amines) is 1. The van der Waals surface area contributed by atoms with Crippen molar-refractivity contribution < 1.29 is 19.1 Å². The molecule has 168 valence electrons. The van der Waals surface area contributed by atoms with E-state index in [2.05, 4.69) is 15.9 Å². The largest absolute Gasteiger partial charge is 0.507 e. The summed E-state index contributed by atoms with van der Waals surface area (Å²) < 4.78 is 14.1. The average molecular weight is 529 g/mol. The normalized spacial score (nSPS) is 17.6. The smallest absolute Gasteiger partial charge is 0.295 e. The number of carbonyl (C=O) groups is 2. The van der Waals surface area contributed by atoms with Gasteiger partial charge in [0.05, 0.1) is 11.6 Å². The molecule has 4 nitrogen and oxygen atoms in total. The number of aliphatic hydroxyl groups is 1. The lowest BCUT2D eigenvalue weighted by Gasteiger charge is -2.25. The van der Waals surface area contributed by atoms with E-state index in [1.807, 2.05) is 6.92 Å². The van der Waals surface area contributed by atoms with Crippen LogP contribution in [-0.4, -0.2) is 28.2 Å². The average Bonchev–Trinajstić information content (AvgIpc) is 3.05. The molecule has 1 amide bonds. The molecule has 1 N–H and O–H groups in total. The number of benzene rings is 3. The first-order chi connectivity index (χ1) is 15.8. The molecule has 0 aliphatic carbocycles. The lowest BCUT2D eigenvalue weighted by Crippen LogP contribution is -2.31. The Morgan fingerprint density at radius 3 is 2.36 bits per heavy atom. The molecule has 0 radical (unpaired) electrons. The molecule has 4 rings (SSSR count). The summed E-state index contributed by atoms with van der Waals surface area (Å²) in [6.45, 7) is 2.10. The first-order valence-electron chi connectivity index (χ1n) is 10.3. The maximum atomic E-state index is 13.3. The molecule has 1 saturated heterocycles. The van der Waals surface area contributed by atoms with E-state index in [0.29, 0.717) is 22.6 Å². The molecule has 3 aromatic carbocycles. The number of aliphatic hydroxyl groups excluding tert-OH is 1. The van der Waals surface area contributed by atoms with Gasteiger partial charge in [-0.2, -0.15) is 0 Å². The summed E-state index contributed by atoms with van der Waals surface area (Å²) in [5, 5.41) is 11.7. The first-order valence-corrected chi connectivity index (χ1v) is 11.5. The van der Waals surface area contributed by atoms with Crippen LogP contribution in [0.2, 0.25) is 5.02 Å². The van der Waals surface area contributed by atoms with Crippen molar-refractivity contribution in [1.82, 2.24) is 4.90 Å². The fourth-order valence-corrected chi connectivity index (χ4v) is 4.32. The highest BCUT2D eigenvalue weighted by Crippen LogP contribution is 2.40. The van der Waals surface area contributed by atoms with Crippen LogP contribution in [-0.2, 0) is 16.0 Å². The van der Waals surface area contributed by atoms with E-state index < -0.39 is 17.7 Å². The molecule has 0 saturated carbocycles. The predicted octanol–water partition coefficient (Wildman–Crippen LogP) is 6.21. The maximum Gasteiger partial charge on any atom is 0.295 e. The molecular weight excluding hydrogens is 509 g/mol. The third-order valence-corrected chi connectivity index (χ3v) is 6.85. The molecule has 1 aliphatic rings. The molecule has 0 bridgehead atoms. The Morgan fingerprint density at radius 1 is 1.06 bits per heavy atom. The lowest BCUT2D eigenvalue weighted by atomic mass is 9.95. The number of aryl methyl sites for hydroxylation is 1. The van der Waals surface area contributed by atoms with Crippen LogP contribution < -0.4 is 0 Å². The number of rotatable bonds is 5. The van der Waals surface area contributed by atoms with E-state index in [-0.39, 0.29) is 23.7 Å². The Hall–Kier alpha value is -2.96. The van der Waals surface area contributed by atoms with Gasteiger partial charge in [0.2, 0.25) is 0 Å². The van der Waals surface area contributed by atoms with E-state index in [9.17, 15) is 19.1 Å². The van der Waals surface area contributed by atoms with Crippen molar-refractivity contribution in [2.45, 2.75) is 19.4 Å². The standard InChI is InChI=1S/C26H20BrClFNO3/c1-15-14-18(6-11-21(15)27)24(31)22-23(17-4-7-19(28)8-5-17)30(26(33)25(22)32)13-12-16-2-9-20(29)10-3-16/h2-11,14,23,31H,12-13H2,1H3/b24-22-. The first kappa shape index (κ1) is 23.2. The molecule has 0 spiro atoms. The summed E-state index contributed by atoms with van der Waals surface area (Å²) in [4.78, 5) is 27.6. The minimum absolute atomic E-state index is 0.0307. The van der Waals surface area contributed by atoms with Gasteiger partial charge in [-0.05, 0) is 66.4 Å². The molecule has 1 aliphatic heterocycles. The second-order valence-electron chi connectivity index (χ2n) is 7.88. The van der Waals surface area contributed by atoms with Crippen molar-refractivity contribution in [2.75, 3.05) is 6.54 Å². The Balaban J connectivity index is 1.78. The van der Waals surface area contributed by atoms with Gasteiger partial charge in [0.25, 0.3) is 11.7 Å². The van der Waals surface area contributed by atoms with E-state index in [1.54, 1.807) is 54.6 Å². The quantitative estimate of drug-likeness (QED) is 0.243. The minimum atomic E-state index is -0.772. The predicted molar refractivity (Wildman–Crippen MR) is 129 cm³/mol. The van der Waals surface area contributed by atoms with Gasteiger partial charge in [-0.15, -0.1) is 0 Å². The van der Waals surface area contributed by atoms with Gasteiger partial charge < -0.3 is 10.0 Å². The third kappa shape index (κ3) is 4.72. The number of Topliss-reactive ketones (excluding diaryl/α,β-unsaturated/α-hetero) is 1. The van der Waals surface area contributed by atoms with Gasteiger partial charge >= 0.3 is 0 Å². The molecule has 0 aromatic heterocycles. The molecule has 3 aromatic rings. The summed E-state index contributed by atoms with van der Waals surface area (Å²) >= 11 is 9.48. The van der Waals surface area contributed by atoms with Gasteiger partial charge in [0, 0.05) is 21.6 Å². The van der Waals surface area contributed by atoms with E-state index >= 15 is 0 Å². The Labute approximate surface area is 204 Å². The monoisotopic (exact) mass is 527 g/mol. The highest BCUT2D eigenvalue weighted by atomic mass is 79.9. The van der Waals surface area contributed by atoms with Crippen LogP contribution in [0.4, 0.5) is 4.39 Å². The number of nitrogens with zero attached hydrogens (tertiary/aromatic N) is 1. The van der Waals surface area contributed by atoms with Gasteiger partial charge in [-0.1, -0.05) is 57.9 Å². The summed E-state index contributed by atoms with van der Waals surface area (Å²) in [5.41, 5.74) is 2.85. The van der Waals surface area contributed by atoms with Gasteiger partial charge in [-0.25, -0.2) is 4.39 Å². The zero-order valence-electron chi connectivity index (χ0n) is 17.7. The fraction of sp³-hybridized carbons (Fsp3) is 0.154. The zero-order chi connectivity index (χ0) is 23.7. The van der Waals surface area contributed by atoms with Crippen LogP contribution in [0.25, 0.3) is 5.76 Å². The second kappa shape index (κ2) is 9.49. The van der Waals surface area contributed by atoms with Crippen molar-refractivity contribution >= 4 is 45.0 Å². The molecular formula is C26H20BrClFNO3. The maximum absolute atomic E-state index is 13.3. The molecule has 1 heterocycles. The van der Waals surface area contributed by atoms with E-state index in [0.717, 1.165) is 15.6 Å². The second-order valence-corrected chi connectivity index (χ2v) is 9.18. The highest BCUT2D eigenvalue weighted by molar-refractivity contribution is 9.10. The topological polar surface area (TPSA) is 57.6 Å². The molecule has 7 heteroatoms. The van der Waals surface area contributed by atoms with Crippen LogP contribution in [0.1, 0.15) is 28.3 Å². The number of ketones is 1. The van der Waals surface area contributed by atoms with Crippen molar-refractivity contribution in [3.63, 3.8) is 0 Å². The number of carbonyl (C=O) groups excluding carboxylic acids is 2. The fourth-order valence-electron chi connectivity index (χ4n) is 3.95. The molecule has 1 unspecified atom stereocenters. The van der Waals surface area contributed by atoms with Crippen LogP contribution in [0.3, 0.4) is 0 Å². The molecule has 1 fully saturated rings. The van der Waals surface area contributed by atoms with Crippen molar-refractivity contribution in [3.05, 3.63) is 110 Å². The SMILES string of the molecule is Cc1cc(/C(O)=C2/C(=O)C(=O)N(CCc3ccc(F)cc3)C2c2ccc(Cl)cc2)ccc1Br. The summed E-state index contributed by atoms with van der Waals surface area (Å²) in [6.07, 6.45) is 0.425. The Morgan fingerprint density at radius 2 is 1.73 bits per heavy atom.